The number of hydrogen-bond donors (Lipinski definition) is 2. The Morgan fingerprint density at radius 3 is 2.52 bits per heavy atom. The molecule has 2 aromatic rings. The van der Waals surface area contributed by atoms with Crippen LogP contribution in [0.5, 0.6) is 11.5 Å². The van der Waals surface area contributed by atoms with E-state index >= 15 is 0 Å². The molecule has 0 bridgehead atoms. The SMILES string of the molecule is COc1ccc(OCC(=O)Nc2cc(N)ccc2F)cc1. The normalized spacial score (nSPS) is 10.0. The van der Waals surface area contributed by atoms with Gasteiger partial charge in [-0.2, -0.15) is 0 Å². The summed E-state index contributed by atoms with van der Waals surface area (Å²) < 4.78 is 23.7. The second-order valence-electron chi connectivity index (χ2n) is 4.25. The molecular weight excluding hydrogens is 275 g/mol. The quantitative estimate of drug-likeness (QED) is 0.829. The molecule has 110 valence electrons. The molecule has 5 nitrogen and oxygen atoms in total. The number of nitrogens with one attached hydrogen (secondary N) is 1. The number of methoxy groups -OCH3 is 1. The number of nitrogens with two attached hydrogens (primary N) is 1. The predicted octanol–water partition coefficient (Wildman–Crippen LogP) is 2.43. The molecule has 3 N–H and O–H groups in total. The molecule has 0 atom stereocenters. The molecule has 0 radical (unpaired) electrons. The molecule has 2 rings (SSSR count). The summed E-state index contributed by atoms with van der Waals surface area (Å²) in [7, 11) is 1.56. The van der Waals surface area contributed by atoms with Gasteiger partial charge in [0.15, 0.2) is 6.61 Å². The second kappa shape index (κ2) is 6.60. The molecule has 0 aromatic heterocycles. The maximum atomic E-state index is 13.5. The number of hydrogen-bond acceptors (Lipinski definition) is 4. The lowest BCUT2D eigenvalue weighted by Crippen LogP contribution is -2.20. The summed E-state index contributed by atoms with van der Waals surface area (Å²) in [6.45, 7) is -0.236. The molecule has 2 aromatic carbocycles. The van der Waals surface area contributed by atoms with E-state index in [4.69, 9.17) is 15.2 Å². The minimum atomic E-state index is -0.554. The van der Waals surface area contributed by atoms with Gasteiger partial charge in [0.1, 0.15) is 17.3 Å². The molecule has 0 saturated heterocycles. The number of carbonyl (C=O) groups excluding carboxylic acids is 1. The van der Waals surface area contributed by atoms with Crippen molar-refractivity contribution < 1.29 is 18.7 Å². The van der Waals surface area contributed by atoms with Crippen LogP contribution in [-0.4, -0.2) is 19.6 Å². The zero-order valence-electron chi connectivity index (χ0n) is 11.4. The molecule has 0 fully saturated rings. The van der Waals surface area contributed by atoms with Crippen LogP contribution in [0, 0.1) is 5.82 Å². The summed E-state index contributed by atoms with van der Waals surface area (Å²) in [6.07, 6.45) is 0. The van der Waals surface area contributed by atoms with Crippen molar-refractivity contribution in [3.63, 3.8) is 0 Å². The molecule has 0 heterocycles. The van der Waals surface area contributed by atoms with Gasteiger partial charge < -0.3 is 20.5 Å². The maximum Gasteiger partial charge on any atom is 0.262 e. The van der Waals surface area contributed by atoms with Gasteiger partial charge in [-0.25, -0.2) is 4.39 Å². The zero-order valence-corrected chi connectivity index (χ0v) is 11.4. The molecule has 0 aliphatic heterocycles. The summed E-state index contributed by atoms with van der Waals surface area (Å²) in [4.78, 5) is 11.7. The van der Waals surface area contributed by atoms with E-state index in [0.717, 1.165) is 0 Å². The smallest absolute Gasteiger partial charge is 0.262 e. The maximum absolute atomic E-state index is 13.5. The van der Waals surface area contributed by atoms with Crippen LogP contribution in [0.3, 0.4) is 0 Å². The summed E-state index contributed by atoms with van der Waals surface area (Å²) in [6, 6.07) is 10.7. The highest BCUT2D eigenvalue weighted by atomic mass is 19.1. The van der Waals surface area contributed by atoms with Crippen molar-refractivity contribution in [3.8, 4) is 11.5 Å². The molecule has 0 spiro atoms. The Kier molecular flexibility index (Phi) is 4.61. The van der Waals surface area contributed by atoms with Gasteiger partial charge in [-0.15, -0.1) is 0 Å². The molecule has 0 saturated carbocycles. The summed E-state index contributed by atoms with van der Waals surface area (Å²) in [5.74, 6) is 0.171. The Morgan fingerprint density at radius 1 is 1.19 bits per heavy atom. The third-order valence-electron chi connectivity index (χ3n) is 2.69. The molecule has 21 heavy (non-hydrogen) atoms. The van der Waals surface area contributed by atoms with Gasteiger partial charge in [-0.1, -0.05) is 0 Å². The first-order chi connectivity index (χ1) is 10.1. The summed E-state index contributed by atoms with van der Waals surface area (Å²) >= 11 is 0. The molecule has 0 aliphatic rings. The number of ether oxygens (including phenoxy) is 2. The van der Waals surface area contributed by atoms with Crippen LogP contribution in [0.2, 0.25) is 0 Å². The van der Waals surface area contributed by atoms with Crippen molar-refractivity contribution in [2.75, 3.05) is 24.8 Å². The lowest BCUT2D eigenvalue weighted by molar-refractivity contribution is -0.118. The van der Waals surface area contributed by atoms with Gasteiger partial charge in [0.05, 0.1) is 12.8 Å². The van der Waals surface area contributed by atoms with E-state index in [0.29, 0.717) is 17.2 Å². The topological polar surface area (TPSA) is 73.6 Å². The number of carbonyl (C=O) groups is 1. The Hall–Kier alpha value is -2.76. The van der Waals surface area contributed by atoms with Gasteiger partial charge in [-0.3, -0.25) is 4.79 Å². The number of anilines is 2. The van der Waals surface area contributed by atoms with Crippen molar-refractivity contribution >= 4 is 17.3 Å². The van der Waals surface area contributed by atoms with Gasteiger partial charge >= 0.3 is 0 Å². The second-order valence-corrected chi connectivity index (χ2v) is 4.25. The Morgan fingerprint density at radius 2 is 1.86 bits per heavy atom. The highest BCUT2D eigenvalue weighted by Gasteiger charge is 2.08. The van der Waals surface area contributed by atoms with Crippen LogP contribution >= 0.6 is 0 Å². The first-order valence-electron chi connectivity index (χ1n) is 6.20. The number of benzene rings is 2. The van der Waals surface area contributed by atoms with Gasteiger partial charge in [0.2, 0.25) is 0 Å². The van der Waals surface area contributed by atoms with E-state index in [1.54, 1.807) is 31.4 Å². The van der Waals surface area contributed by atoms with Crippen LogP contribution in [0.25, 0.3) is 0 Å². The standard InChI is InChI=1S/C15H15FN2O3/c1-20-11-3-5-12(6-4-11)21-9-15(19)18-14-8-10(17)2-7-13(14)16/h2-8H,9,17H2,1H3,(H,18,19). The van der Waals surface area contributed by atoms with E-state index in [1.807, 2.05) is 0 Å². The summed E-state index contributed by atoms with van der Waals surface area (Å²) in [5.41, 5.74) is 5.92. The third-order valence-corrected chi connectivity index (χ3v) is 2.69. The molecule has 0 unspecified atom stereocenters. The van der Waals surface area contributed by atoms with Crippen molar-refractivity contribution in [1.82, 2.24) is 0 Å². The predicted molar refractivity (Wildman–Crippen MR) is 77.9 cm³/mol. The largest absolute Gasteiger partial charge is 0.497 e. The Balaban J connectivity index is 1.91. The van der Waals surface area contributed by atoms with Crippen molar-refractivity contribution in [2.45, 2.75) is 0 Å². The minimum Gasteiger partial charge on any atom is -0.497 e. The highest BCUT2D eigenvalue weighted by Crippen LogP contribution is 2.18. The van der Waals surface area contributed by atoms with Gasteiger partial charge in [0, 0.05) is 5.69 Å². The number of halogens is 1. The van der Waals surface area contributed by atoms with Crippen LogP contribution in [0.15, 0.2) is 42.5 Å². The fourth-order valence-electron chi connectivity index (χ4n) is 1.65. The van der Waals surface area contributed by atoms with E-state index in [2.05, 4.69) is 5.32 Å². The third kappa shape index (κ3) is 4.10. The highest BCUT2D eigenvalue weighted by molar-refractivity contribution is 5.92. The van der Waals surface area contributed by atoms with Gasteiger partial charge in [-0.05, 0) is 42.5 Å². The van der Waals surface area contributed by atoms with E-state index in [-0.39, 0.29) is 12.3 Å². The molecule has 0 aliphatic carbocycles. The number of nitrogen functional groups attached to an aromatic ring is 1. The van der Waals surface area contributed by atoms with Crippen LogP contribution < -0.4 is 20.5 Å². The molecule has 1 amide bonds. The number of rotatable bonds is 5. The van der Waals surface area contributed by atoms with E-state index < -0.39 is 11.7 Å². The van der Waals surface area contributed by atoms with Crippen molar-refractivity contribution in [1.29, 1.82) is 0 Å². The fourth-order valence-corrected chi connectivity index (χ4v) is 1.65. The fraction of sp³-hybridized carbons (Fsp3) is 0.133. The lowest BCUT2D eigenvalue weighted by Gasteiger charge is -2.09. The van der Waals surface area contributed by atoms with Gasteiger partial charge in [0.25, 0.3) is 5.91 Å². The minimum absolute atomic E-state index is 0.0262. The summed E-state index contributed by atoms with van der Waals surface area (Å²) in [5, 5.41) is 2.40. The lowest BCUT2D eigenvalue weighted by atomic mass is 10.2. The monoisotopic (exact) mass is 290 g/mol. The first kappa shape index (κ1) is 14.6. The molecular formula is C15H15FN2O3. The van der Waals surface area contributed by atoms with Crippen LogP contribution in [0.4, 0.5) is 15.8 Å². The first-order valence-corrected chi connectivity index (χ1v) is 6.20. The Bertz CT molecular complexity index is 629. The molecule has 6 heteroatoms. The van der Waals surface area contributed by atoms with Crippen molar-refractivity contribution in [3.05, 3.63) is 48.3 Å². The van der Waals surface area contributed by atoms with E-state index in [9.17, 15) is 9.18 Å². The van der Waals surface area contributed by atoms with Crippen LogP contribution in [-0.2, 0) is 4.79 Å². The average Bonchev–Trinajstić information content (AvgIpc) is 2.49. The van der Waals surface area contributed by atoms with Crippen LogP contribution in [0.1, 0.15) is 0 Å². The average molecular weight is 290 g/mol. The van der Waals surface area contributed by atoms with Crippen molar-refractivity contribution in [2.24, 2.45) is 0 Å². The van der Waals surface area contributed by atoms with E-state index in [1.165, 1.54) is 18.2 Å². The number of amides is 1. The zero-order chi connectivity index (χ0) is 15.2. The Labute approximate surface area is 121 Å².